The van der Waals surface area contributed by atoms with Gasteiger partial charge in [0.1, 0.15) is 5.82 Å². The summed E-state index contributed by atoms with van der Waals surface area (Å²) in [6.07, 6.45) is 0. The fraction of sp³-hybridized carbons (Fsp3) is 0.0333. The van der Waals surface area contributed by atoms with E-state index in [1.54, 1.807) is 28.3 Å². The van der Waals surface area contributed by atoms with E-state index < -0.39 is 5.54 Å². The molecule has 6 heteroatoms. The van der Waals surface area contributed by atoms with Crippen LogP contribution in [0.25, 0.3) is 21.8 Å². The Bertz CT molecular complexity index is 1480. The van der Waals surface area contributed by atoms with Gasteiger partial charge in [0.2, 0.25) is 5.82 Å². The van der Waals surface area contributed by atoms with Gasteiger partial charge < -0.3 is 0 Å². The third kappa shape index (κ3) is 3.72. The van der Waals surface area contributed by atoms with Crippen LogP contribution in [-0.2, 0) is 5.54 Å². The average molecular weight is 489 g/mol. The molecule has 4 aromatic carbocycles. The monoisotopic (exact) mass is 488 g/mol. The Balaban J connectivity index is 1.58. The number of nitrogens with zero attached hydrogens (tertiary/aromatic N) is 4. The van der Waals surface area contributed by atoms with Gasteiger partial charge in [0.15, 0.2) is 5.54 Å². The molecule has 0 unspecified atom stereocenters. The zero-order chi connectivity index (χ0) is 24.4. The summed E-state index contributed by atoms with van der Waals surface area (Å²) in [7, 11) is 0. The summed E-state index contributed by atoms with van der Waals surface area (Å²) in [5.74, 6) is 0.252. The minimum Gasteiger partial charge on any atom is -0.207 e. The summed E-state index contributed by atoms with van der Waals surface area (Å²) >= 11 is 1.57. The van der Waals surface area contributed by atoms with E-state index in [-0.39, 0.29) is 5.82 Å². The van der Waals surface area contributed by atoms with E-state index in [1.165, 1.54) is 12.1 Å². The summed E-state index contributed by atoms with van der Waals surface area (Å²) in [6, 6.07) is 39.2. The van der Waals surface area contributed by atoms with Crippen LogP contribution in [0.5, 0.6) is 0 Å². The molecule has 0 amide bonds. The highest BCUT2D eigenvalue weighted by Crippen LogP contribution is 2.41. The normalized spacial score (nSPS) is 11.5. The van der Waals surface area contributed by atoms with Gasteiger partial charge in [-0.25, -0.2) is 4.39 Å². The molecule has 174 valence electrons. The average Bonchev–Trinajstić information content (AvgIpc) is 3.62. The van der Waals surface area contributed by atoms with E-state index in [0.717, 1.165) is 32.7 Å². The smallest absolute Gasteiger partial charge is 0.206 e. The van der Waals surface area contributed by atoms with Crippen molar-refractivity contribution in [3.8, 4) is 21.8 Å². The van der Waals surface area contributed by atoms with Crippen LogP contribution in [0.4, 0.5) is 4.39 Å². The largest absolute Gasteiger partial charge is 0.207 e. The van der Waals surface area contributed by atoms with Gasteiger partial charge in [-0.3, -0.25) is 0 Å². The minimum absolute atomic E-state index is 0.265. The van der Waals surface area contributed by atoms with Crippen LogP contribution in [0.1, 0.15) is 16.7 Å². The topological polar surface area (TPSA) is 43.6 Å². The Morgan fingerprint density at radius 2 is 1.17 bits per heavy atom. The zero-order valence-corrected chi connectivity index (χ0v) is 20.0. The van der Waals surface area contributed by atoms with Gasteiger partial charge >= 0.3 is 0 Å². The number of halogens is 1. The van der Waals surface area contributed by atoms with E-state index in [2.05, 4.69) is 46.7 Å². The molecule has 0 saturated carbocycles. The van der Waals surface area contributed by atoms with Crippen LogP contribution in [0.15, 0.2) is 127 Å². The van der Waals surface area contributed by atoms with Crippen molar-refractivity contribution in [3.05, 3.63) is 149 Å². The van der Waals surface area contributed by atoms with Gasteiger partial charge in [0.05, 0.1) is 0 Å². The van der Waals surface area contributed by atoms with E-state index in [9.17, 15) is 4.39 Å². The molecule has 0 aliphatic heterocycles. The lowest BCUT2D eigenvalue weighted by Gasteiger charge is -2.34. The third-order valence-electron chi connectivity index (χ3n) is 6.30. The highest BCUT2D eigenvalue weighted by atomic mass is 32.1. The van der Waals surface area contributed by atoms with E-state index in [4.69, 9.17) is 5.10 Å². The molecule has 0 aliphatic carbocycles. The molecule has 0 bridgehead atoms. The lowest BCUT2D eigenvalue weighted by Crippen LogP contribution is -2.39. The van der Waals surface area contributed by atoms with Gasteiger partial charge in [0, 0.05) is 10.4 Å². The maximum atomic E-state index is 13.5. The summed E-state index contributed by atoms with van der Waals surface area (Å²) in [6.45, 7) is 0. The fourth-order valence-corrected chi connectivity index (χ4v) is 5.56. The second kappa shape index (κ2) is 9.32. The number of hydrogen-bond donors (Lipinski definition) is 0. The van der Waals surface area contributed by atoms with Crippen LogP contribution < -0.4 is 0 Å². The molecular formula is C30H21FN4S. The maximum absolute atomic E-state index is 13.5. The highest BCUT2D eigenvalue weighted by Gasteiger charge is 2.41. The Labute approximate surface area is 212 Å². The fourth-order valence-electron chi connectivity index (χ4n) is 4.66. The maximum Gasteiger partial charge on any atom is 0.206 e. The predicted molar refractivity (Wildman–Crippen MR) is 141 cm³/mol. The molecule has 0 atom stereocenters. The molecule has 36 heavy (non-hydrogen) atoms. The van der Waals surface area contributed by atoms with E-state index in [1.807, 2.05) is 66.0 Å². The number of thiophene rings is 1. The van der Waals surface area contributed by atoms with Gasteiger partial charge in [-0.1, -0.05) is 103 Å². The Hall–Kier alpha value is -4.42. The number of tetrazole rings is 1. The molecule has 2 heterocycles. The third-order valence-corrected chi connectivity index (χ3v) is 7.26. The summed E-state index contributed by atoms with van der Waals surface area (Å²) < 4.78 is 13.5. The van der Waals surface area contributed by atoms with E-state index in [0.29, 0.717) is 5.82 Å². The Morgan fingerprint density at radius 1 is 0.639 bits per heavy atom. The Morgan fingerprint density at radius 3 is 1.69 bits per heavy atom. The summed E-state index contributed by atoms with van der Waals surface area (Å²) in [5, 5.41) is 16.1. The predicted octanol–water partition coefficient (Wildman–Crippen LogP) is 7.05. The van der Waals surface area contributed by atoms with Crippen molar-refractivity contribution < 1.29 is 4.39 Å². The number of benzene rings is 4. The molecule has 6 aromatic rings. The summed E-state index contributed by atoms with van der Waals surface area (Å²) in [4.78, 5) is 2.69. The lowest BCUT2D eigenvalue weighted by atomic mass is 9.77. The molecule has 6 rings (SSSR count). The first kappa shape index (κ1) is 22.1. The summed E-state index contributed by atoms with van der Waals surface area (Å²) in [5.41, 5.74) is 4.02. The van der Waals surface area contributed by atoms with Crippen LogP contribution in [-0.4, -0.2) is 20.2 Å². The molecule has 0 radical (unpaired) electrons. The number of hydrogen-bond acceptors (Lipinski definition) is 4. The van der Waals surface area contributed by atoms with Gasteiger partial charge in [-0.15, -0.1) is 26.3 Å². The SMILES string of the molecule is Fc1ccc(-c2sccc2-c2nnn(C(c3ccccc3)(c3ccccc3)c3ccccc3)n2)cc1. The van der Waals surface area contributed by atoms with Crippen molar-refractivity contribution in [2.75, 3.05) is 0 Å². The van der Waals surface area contributed by atoms with Crippen molar-refractivity contribution in [2.45, 2.75) is 5.54 Å². The molecule has 2 aromatic heterocycles. The van der Waals surface area contributed by atoms with Crippen LogP contribution in [0.3, 0.4) is 0 Å². The molecule has 0 spiro atoms. The first-order valence-corrected chi connectivity index (χ1v) is 12.5. The van der Waals surface area contributed by atoms with Gasteiger partial charge in [-0.2, -0.15) is 0 Å². The highest BCUT2D eigenvalue weighted by molar-refractivity contribution is 7.14. The minimum atomic E-state index is -0.832. The molecule has 0 aliphatic rings. The van der Waals surface area contributed by atoms with Crippen molar-refractivity contribution in [1.29, 1.82) is 0 Å². The lowest BCUT2D eigenvalue weighted by molar-refractivity contribution is 0.396. The molecule has 0 saturated heterocycles. The number of rotatable bonds is 6. The van der Waals surface area contributed by atoms with Crippen molar-refractivity contribution in [2.24, 2.45) is 0 Å². The van der Waals surface area contributed by atoms with Gasteiger partial charge in [0.25, 0.3) is 0 Å². The molecular weight excluding hydrogens is 467 g/mol. The molecule has 0 fully saturated rings. The van der Waals surface area contributed by atoms with Crippen LogP contribution >= 0.6 is 11.3 Å². The first-order valence-electron chi connectivity index (χ1n) is 11.6. The van der Waals surface area contributed by atoms with E-state index >= 15 is 0 Å². The van der Waals surface area contributed by atoms with Crippen molar-refractivity contribution in [1.82, 2.24) is 20.2 Å². The van der Waals surface area contributed by atoms with Crippen LogP contribution in [0.2, 0.25) is 0 Å². The molecule has 0 N–H and O–H groups in total. The molecule has 4 nitrogen and oxygen atoms in total. The van der Waals surface area contributed by atoms with Crippen molar-refractivity contribution in [3.63, 3.8) is 0 Å². The zero-order valence-electron chi connectivity index (χ0n) is 19.2. The first-order chi connectivity index (χ1) is 17.8. The second-order valence-electron chi connectivity index (χ2n) is 8.38. The number of aromatic nitrogens is 4. The van der Waals surface area contributed by atoms with Crippen LogP contribution in [0, 0.1) is 5.82 Å². The Kier molecular flexibility index (Phi) is 5.71. The standard InChI is InChI=1S/C30H21FN4S/c31-26-18-16-22(17-19-26)28-27(20-21-36-28)29-32-34-35(33-29)30(23-10-4-1-5-11-23,24-12-6-2-7-13-24)25-14-8-3-9-15-25/h1-21H. The quantitative estimate of drug-likeness (QED) is 0.236. The second-order valence-corrected chi connectivity index (χ2v) is 9.30. The van der Waals surface area contributed by atoms with Gasteiger partial charge in [-0.05, 0) is 51.0 Å². The van der Waals surface area contributed by atoms with Crippen molar-refractivity contribution >= 4 is 11.3 Å².